The highest BCUT2D eigenvalue weighted by atomic mass is 16.5. The van der Waals surface area contributed by atoms with Crippen molar-refractivity contribution in [1.82, 2.24) is 4.90 Å². The maximum absolute atomic E-state index is 14.4. The monoisotopic (exact) mass is 580 g/mol. The van der Waals surface area contributed by atoms with Crippen molar-refractivity contribution < 1.29 is 19.0 Å². The summed E-state index contributed by atoms with van der Waals surface area (Å²) in [6.07, 6.45) is 5.95. The lowest BCUT2D eigenvalue weighted by atomic mass is 9.65. The summed E-state index contributed by atoms with van der Waals surface area (Å²) < 4.78 is 17.9. The van der Waals surface area contributed by atoms with E-state index in [1.165, 1.54) is 6.20 Å². The van der Waals surface area contributed by atoms with Crippen molar-refractivity contribution in [2.75, 3.05) is 39.3 Å². The molecule has 1 amide bonds. The van der Waals surface area contributed by atoms with E-state index in [0.717, 1.165) is 79.0 Å². The number of aliphatic imine (C=N–C) groups is 1. The number of carbonyl (C=O) groups is 1. The smallest absolute Gasteiger partial charge is 0.238 e. The summed E-state index contributed by atoms with van der Waals surface area (Å²) in [6.45, 7) is 2.39. The van der Waals surface area contributed by atoms with Gasteiger partial charge in [0.25, 0.3) is 0 Å². The Balaban J connectivity index is 1.50. The van der Waals surface area contributed by atoms with E-state index in [-0.39, 0.29) is 12.0 Å². The van der Waals surface area contributed by atoms with E-state index in [2.05, 4.69) is 18.0 Å². The van der Waals surface area contributed by atoms with Gasteiger partial charge in [0.05, 0.1) is 37.6 Å². The summed E-state index contributed by atoms with van der Waals surface area (Å²) in [5.74, 6) is 2.09. The van der Waals surface area contributed by atoms with Crippen LogP contribution in [0.4, 0.5) is 11.4 Å². The Labute approximate surface area is 253 Å². The van der Waals surface area contributed by atoms with E-state index in [1.54, 1.807) is 14.2 Å². The lowest BCUT2D eigenvalue weighted by molar-refractivity contribution is -0.126. The Morgan fingerprint density at radius 1 is 1.05 bits per heavy atom. The molecule has 0 aromatic heterocycles. The van der Waals surface area contributed by atoms with E-state index in [1.807, 2.05) is 65.6 Å². The first-order valence-corrected chi connectivity index (χ1v) is 15.0. The van der Waals surface area contributed by atoms with E-state index in [4.69, 9.17) is 24.9 Å². The molecule has 8 nitrogen and oxygen atoms in total. The van der Waals surface area contributed by atoms with Gasteiger partial charge in [-0.25, -0.2) is 4.99 Å². The molecular formula is C35H40N4O4. The maximum atomic E-state index is 14.4. The van der Waals surface area contributed by atoms with Gasteiger partial charge in [-0.15, -0.1) is 0 Å². The van der Waals surface area contributed by atoms with Crippen LogP contribution in [0.15, 0.2) is 83.7 Å². The van der Waals surface area contributed by atoms with Crippen molar-refractivity contribution in [2.45, 2.75) is 50.2 Å². The molecule has 1 aliphatic carbocycles. The molecule has 2 fully saturated rings. The average molecular weight is 581 g/mol. The van der Waals surface area contributed by atoms with Crippen molar-refractivity contribution in [1.29, 1.82) is 0 Å². The predicted octanol–water partition coefficient (Wildman–Crippen LogP) is 5.70. The predicted molar refractivity (Wildman–Crippen MR) is 169 cm³/mol. The summed E-state index contributed by atoms with van der Waals surface area (Å²) in [6, 6.07) is 21.8. The molecule has 0 atom stereocenters. The molecule has 1 saturated carbocycles. The van der Waals surface area contributed by atoms with Crippen LogP contribution < -0.4 is 20.1 Å². The molecule has 0 bridgehead atoms. The number of hydrogen-bond donors (Lipinski definition) is 1. The summed E-state index contributed by atoms with van der Waals surface area (Å²) in [5.41, 5.74) is 10.6. The van der Waals surface area contributed by atoms with Crippen LogP contribution in [0.3, 0.4) is 0 Å². The summed E-state index contributed by atoms with van der Waals surface area (Å²) in [4.78, 5) is 23.6. The molecular weight excluding hydrogens is 540 g/mol. The third-order valence-corrected chi connectivity index (χ3v) is 9.06. The number of allylic oxidation sites excluding steroid dienone is 1. The minimum absolute atomic E-state index is 0.0490. The van der Waals surface area contributed by atoms with Crippen LogP contribution in [0.2, 0.25) is 0 Å². The number of amides is 1. The number of likely N-dealkylation sites (tertiary alicyclic amines) is 1. The first-order valence-electron chi connectivity index (χ1n) is 15.0. The summed E-state index contributed by atoms with van der Waals surface area (Å²) in [5, 5.41) is 0. The van der Waals surface area contributed by atoms with Crippen LogP contribution in [-0.2, 0) is 21.5 Å². The van der Waals surface area contributed by atoms with Gasteiger partial charge >= 0.3 is 0 Å². The lowest BCUT2D eigenvalue weighted by Gasteiger charge is -2.37. The molecule has 2 aliphatic heterocycles. The standard InChI is InChI=1S/C35H40N4O4/c1-38-18-14-28(15-19-38)43-30-21-25(32(31(22-36)42-3)37-26-8-5-4-6-9-26)20-29-33(30)39(34(40)35(29)16-7-17-35)23-24-10-12-27(41-2)13-11-24/h4-6,8-13,20-22,28H,7,14-19,23,36H2,1-3H3. The van der Waals surface area contributed by atoms with E-state index < -0.39 is 5.41 Å². The third-order valence-electron chi connectivity index (χ3n) is 9.06. The highest BCUT2D eigenvalue weighted by Crippen LogP contribution is 2.57. The first-order chi connectivity index (χ1) is 21.0. The highest BCUT2D eigenvalue weighted by Gasteiger charge is 2.55. The quantitative estimate of drug-likeness (QED) is 0.258. The van der Waals surface area contributed by atoms with Crippen LogP contribution in [-0.4, -0.2) is 57.0 Å². The van der Waals surface area contributed by atoms with E-state index >= 15 is 0 Å². The fourth-order valence-corrected chi connectivity index (χ4v) is 6.45. The van der Waals surface area contributed by atoms with Gasteiger partial charge in [0.2, 0.25) is 5.91 Å². The molecule has 2 heterocycles. The minimum Gasteiger partial charge on any atom is -0.497 e. The van der Waals surface area contributed by atoms with Gasteiger partial charge in [-0.1, -0.05) is 36.8 Å². The second kappa shape index (κ2) is 12.1. The molecule has 43 heavy (non-hydrogen) atoms. The van der Waals surface area contributed by atoms with Crippen LogP contribution in [0.1, 0.15) is 48.8 Å². The Hall–Kier alpha value is -4.30. The fraction of sp³-hybridized carbons (Fsp3) is 0.371. The van der Waals surface area contributed by atoms with Gasteiger partial charge in [-0.2, -0.15) is 0 Å². The molecule has 3 aromatic carbocycles. The molecule has 2 N–H and O–H groups in total. The largest absolute Gasteiger partial charge is 0.497 e. The van der Waals surface area contributed by atoms with Crippen LogP contribution in [0.25, 0.3) is 0 Å². The summed E-state index contributed by atoms with van der Waals surface area (Å²) in [7, 11) is 5.39. The molecule has 1 spiro atoms. The van der Waals surface area contributed by atoms with Crippen molar-refractivity contribution >= 4 is 23.0 Å². The third kappa shape index (κ3) is 5.47. The number of hydrogen-bond acceptors (Lipinski definition) is 7. The van der Waals surface area contributed by atoms with Gasteiger partial charge in [-0.05, 0) is 80.3 Å². The minimum atomic E-state index is -0.569. The SMILES string of the molecule is COC(=CN)C(=Nc1ccccc1)c1cc(OC2CCN(C)CC2)c2c(c1)C1(CCC1)C(=O)N2Cc1ccc(OC)cc1. The molecule has 1 saturated heterocycles. The number of nitrogens with two attached hydrogens (primary N) is 1. The Morgan fingerprint density at radius 3 is 2.37 bits per heavy atom. The molecule has 0 unspecified atom stereocenters. The van der Waals surface area contributed by atoms with Crippen LogP contribution in [0, 0.1) is 0 Å². The van der Waals surface area contributed by atoms with Crippen molar-refractivity contribution in [3.8, 4) is 11.5 Å². The topological polar surface area (TPSA) is 89.6 Å². The molecule has 3 aliphatic rings. The van der Waals surface area contributed by atoms with Crippen molar-refractivity contribution in [2.24, 2.45) is 10.7 Å². The second-order valence-corrected chi connectivity index (χ2v) is 11.7. The zero-order valence-electron chi connectivity index (χ0n) is 25.2. The van der Waals surface area contributed by atoms with E-state index in [0.29, 0.717) is 23.8 Å². The van der Waals surface area contributed by atoms with Crippen LogP contribution >= 0.6 is 0 Å². The Bertz CT molecular complexity index is 1520. The number of fused-ring (bicyclic) bond motifs is 2. The van der Waals surface area contributed by atoms with E-state index in [9.17, 15) is 4.79 Å². The normalized spacial score (nSPS) is 18.9. The van der Waals surface area contributed by atoms with Gasteiger partial charge in [-0.3, -0.25) is 4.79 Å². The van der Waals surface area contributed by atoms with Gasteiger partial charge in [0.15, 0.2) is 5.76 Å². The number of ether oxygens (including phenoxy) is 3. The number of piperidine rings is 1. The van der Waals surface area contributed by atoms with Gasteiger partial charge in [0, 0.05) is 24.9 Å². The molecule has 3 aromatic rings. The first kappa shape index (κ1) is 28.8. The van der Waals surface area contributed by atoms with Crippen molar-refractivity contribution in [3.05, 3.63) is 95.4 Å². The molecule has 6 rings (SSSR count). The Morgan fingerprint density at radius 2 is 1.77 bits per heavy atom. The van der Waals surface area contributed by atoms with Gasteiger partial charge < -0.3 is 29.7 Å². The second-order valence-electron chi connectivity index (χ2n) is 11.7. The number of nitrogens with zero attached hydrogens (tertiary/aromatic N) is 3. The van der Waals surface area contributed by atoms with Crippen molar-refractivity contribution in [3.63, 3.8) is 0 Å². The number of anilines is 1. The Kier molecular flexibility index (Phi) is 8.13. The molecule has 8 heteroatoms. The molecule has 224 valence electrons. The number of rotatable bonds is 9. The van der Waals surface area contributed by atoms with Gasteiger partial charge in [0.1, 0.15) is 23.3 Å². The number of methoxy groups -OCH3 is 2. The lowest BCUT2D eigenvalue weighted by Crippen LogP contribution is -2.44. The number of benzene rings is 3. The number of para-hydroxylation sites is 1. The zero-order chi connectivity index (χ0) is 30.0. The summed E-state index contributed by atoms with van der Waals surface area (Å²) >= 11 is 0. The highest BCUT2D eigenvalue weighted by molar-refractivity contribution is 6.15. The average Bonchev–Trinajstić information content (AvgIpc) is 3.27. The molecule has 0 radical (unpaired) electrons. The fourth-order valence-electron chi connectivity index (χ4n) is 6.45. The number of carbonyl (C=O) groups excluding carboxylic acids is 1. The van der Waals surface area contributed by atoms with Crippen LogP contribution in [0.5, 0.6) is 11.5 Å². The maximum Gasteiger partial charge on any atom is 0.238 e. The zero-order valence-corrected chi connectivity index (χ0v) is 25.2.